The van der Waals surface area contributed by atoms with Gasteiger partial charge >= 0.3 is 0 Å². The van der Waals surface area contributed by atoms with Gasteiger partial charge in [-0.2, -0.15) is 0 Å². The molecule has 1 fully saturated rings. The molecule has 2 aromatic heterocycles. The quantitative estimate of drug-likeness (QED) is 0.341. The first kappa shape index (κ1) is 21.2. The van der Waals surface area contributed by atoms with Gasteiger partial charge in [0.1, 0.15) is 11.6 Å². The molecule has 0 bridgehead atoms. The normalized spacial score (nSPS) is 19.0. The monoisotopic (exact) mass is 449 g/mol. The largest absolute Gasteiger partial charge is 0.381 e. The fourth-order valence-corrected chi connectivity index (χ4v) is 5.18. The second-order valence-electron chi connectivity index (χ2n) is 8.77. The summed E-state index contributed by atoms with van der Waals surface area (Å²) in [7, 11) is 1.82. The van der Waals surface area contributed by atoms with Crippen molar-refractivity contribution >= 4 is 22.6 Å². The van der Waals surface area contributed by atoms with Crippen LogP contribution in [0.25, 0.3) is 22.2 Å². The molecule has 0 amide bonds. The minimum atomic E-state index is 0.367. The zero-order valence-corrected chi connectivity index (χ0v) is 19.5. The van der Waals surface area contributed by atoms with Crippen molar-refractivity contribution in [2.24, 2.45) is 0 Å². The molecule has 5 nitrogen and oxygen atoms in total. The van der Waals surface area contributed by atoms with Crippen LogP contribution in [0.15, 0.2) is 47.0 Å². The highest BCUT2D eigenvalue weighted by Gasteiger charge is 2.26. The van der Waals surface area contributed by atoms with E-state index < -0.39 is 0 Å². The second-order valence-corrected chi connectivity index (χ2v) is 9.21. The van der Waals surface area contributed by atoms with E-state index in [1.807, 2.05) is 33.1 Å². The predicted molar refractivity (Wildman–Crippen MR) is 127 cm³/mol. The smallest absolute Gasteiger partial charge is 0.141 e. The van der Waals surface area contributed by atoms with E-state index in [9.17, 15) is 0 Å². The lowest BCUT2D eigenvalue weighted by Gasteiger charge is -2.30. The second kappa shape index (κ2) is 8.72. The lowest BCUT2D eigenvalue weighted by Crippen LogP contribution is -2.23. The third-order valence-electron chi connectivity index (χ3n) is 6.70. The zero-order valence-electron chi connectivity index (χ0n) is 18.8. The number of fused-ring (bicyclic) bond motifs is 1. The van der Waals surface area contributed by atoms with E-state index in [4.69, 9.17) is 25.8 Å². The molecule has 5 rings (SSSR count). The van der Waals surface area contributed by atoms with E-state index in [0.717, 1.165) is 71.0 Å². The van der Waals surface area contributed by atoms with Crippen molar-refractivity contribution in [3.8, 4) is 11.1 Å². The molecule has 0 N–H and O–H groups in total. The fraction of sp³-hybridized carbons (Fsp3) is 0.385. The third kappa shape index (κ3) is 3.96. The van der Waals surface area contributed by atoms with Gasteiger partial charge in [-0.05, 0) is 74.9 Å². The van der Waals surface area contributed by atoms with E-state index in [1.165, 1.54) is 11.1 Å². The van der Waals surface area contributed by atoms with Crippen molar-refractivity contribution in [1.82, 2.24) is 14.7 Å². The maximum atomic E-state index is 6.11. The molecule has 1 aliphatic carbocycles. The number of nitrogens with zero attached hydrogens (tertiary/aromatic N) is 3. The minimum Gasteiger partial charge on any atom is -0.381 e. The predicted octanol–water partition coefficient (Wildman–Crippen LogP) is 6.68. The Morgan fingerprint density at radius 2 is 1.81 bits per heavy atom. The van der Waals surface area contributed by atoms with Crippen LogP contribution in [0.3, 0.4) is 0 Å². The number of aryl methyl sites for hydroxylation is 2. The first-order valence-corrected chi connectivity index (χ1v) is 11.6. The van der Waals surface area contributed by atoms with Gasteiger partial charge in [-0.1, -0.05) is 35.0 Å². The van der Waals surface area contributed by atoms with Crippen molar-refractivity contribution in [1.29, 1.82) is 0 Å². The summed E-state index contributed by atoms with van der Waals surface area (Å²) in [6.07, 6.45) is 5.51. The summed E-state index contributed by atoms with van der Waals surface area (Å²) in [6.45, 7) is 3.94. The van der Waals surface area contributed by atoms with Gasteiger partial charge in [0, 0.05) is 30.2 Å². The standard InChI is InChI=1S/C26H28ClN3O2/c1-16-26(17(2)32-29-16)19-6-13-24-23(15-19)28-25(14-18-4-7-20(27)8-5-18)30(24)21-9-11-22(31-3)12-10-21/h4-8,13,15,21-22H,9-12,14H2,1-3H3. The average Bonchev–Trinajstić information content (AvgIpc) is 3.33. The van der Waals surface area contributed by atoms with Gasteiger partial charge in [0.25, 0.3) is 0 Å². The molecule has 1 saturated carbocycles. The van der Waals surface area contributed by atoms with Crippen LogP contribution in [0.1, 0.15) is 54.6 Å². The number of ether oxygens (including phenoxy) is 1. The van der Waals surface area contributed by atoms with E-state index in [-0.39, 0.29) is 0 Å². The molecule has 0 saturated heterocycles. The Labute approximate surface area is 193 Å². The molecule has 0 atom stereocenters. The van der Waals surface area contributed by atoms with E-state index >= 15 is 0 Å². The number of hydrogen-bond donors (Lipinski definition) is 0. The summed E-state index contributed by atoms with van der Waals surface area (Å²) in [4.78, 5) is 5.12. The van der Waals surface area contributed by atoms with E-state index in [1.54, 1.807) is 0 Å². The number of halogens is 1. The lowest BCUT2D eigenvalue weighted by atomic mass is 9.92. The van der Waals surface area contributed by atoms with Crippen LogP contribution in [0.4, 0.5) is 0 Å². The van der Waals surface area contributed by atoms with E-state index in [2.05, 4.69) is 40.1 Å². The maximum Gasteiger partial charge on any atom is 0.141 e. The molecule has 0 radical (unpaired) electrons. The molecule has 166 valence electrons. The van der Waals surface area contributed by atoms with Crippen molar-refractivity contribution in [2.75, 3.05) is 7.11 Å². The van der Waals surface area contributed by atoms with E-state index in [0.29, 0.717) is 12.1 Å². The first-order valence-electron chi connectivity index (χ1n) is 11.2. The molecule has 1 aliphatic rings. The summed E-state index contributed by atoms with van der Waals surface area (Å²) >= 11 is 6.11. The van der Waals surface area contributed by atoms with Crippen LogP contribution in [-0.2, 0) is 11.2 Å². The summed E-state index contributed by atoms with van der Waals surface area (Å²) < 4.78 is 13.5. The number of methoxy groups -OCH3 is 1. The number of imidazole rings is 1. The van der Waals surface area contributed by atoms with Crippen LogP contribution in [-0.4, -0.2) is 27.9 Å². The number of benzene rings is 2. The van der Waals surface area contributed by atoms with Crippen molar-refractivity contribution in [2.45, 2.75) is 58.1 Å². The highest BCUT2D eigenvalue weighted by molar-refractivity contribution is 6.30. The molecule has 6 heteroatoms. The zero-order chi connectivity index (χ0) is 22.2. The van der Waals surface area contributed by atoms with Gasteiger partial charge in [0.2, 0.25) is 0 Å². The van der Waals surface area contributed by atoms with Gasteiger partial charge < -0.3 is 13.8 Å². The van der Waals surface area contributed by atoms with Crippen LogP contribution in [0.2, 0.25) is 5.02 Å². The molecule has 0 spiro atoms. The van der Waals surface area contributed by atoms with Crippen molar-refractivity contribution in [3.63, 3.8) is 0 Å². The highest BCUT2D eigenvalue weighted by atomic mass is 35.5. The lowest BCUT2D eigenvalue weighted by molar-refractivity contribution is 0.0586. The molecule has 32 heavy (non-hydrogen) atoms. The Morgan fingerprint density at radius 1 is 1.06 bits per heavy atom. The molecule has 0 aliphatic heterocycles. The molecule has 2 heterocycles. The van der Waals surface area contributed by atoms with Gasteiger partial charge in [-0.25, -0.2) is 4.98 Å². The summed E-state index contributed by atoms with van der Waals surface area (Å²) in [5, 5.41) is 4.88. The summed E-state index contributed by atoms with van der Waals surface area (Å²) in [5.41, 5.74) is 6.47. The Bertz CT molecular complexity index is 1210. The van der Waals surface area contributed by atoms with Crippen LogP contribution in [0, 0.1) is 13.8 Å². The average molecular weight is 450 g/mol. The van der Waals surface area contributed by atoms with Gasteiger partial charge in [0.15, 0.2) is 0 Å². The summed E-state index contributed by atoms with van der Waals surface area (Å²) in [6, 6.07) is 15.0. The number of hydrogen-bond acceptors (Lipinski definition) is 4. The maximum absolute atomic E-state index is 6.11. The van der Waals surface area contributed by atoms with Crippen LogP contribution in [0.5, 0.6) is 0 Å². The van der Waals surface area contributed by atoms with Gasteiger partial charge in [0.05, 0.1) is 22.8 Å². The molecule has 2 aromatic carbocycles. The first-order chi connectivity index (χ1) is 15.5. The van der Waals surface area contributed by atoms with Gasteiger partial charge in [-0.15, -0.1) is 0 Å². The van der Waals surface area contributed by atoms with Gasteiger partial charge in [-0.3, -0.25) is 0 Å². The number of rotatable bonds is 5. The minimum absolute atomic E-state index is 0.367. The molecular weight excluding hydrogens is 422 g/mol. The Balaban J connectivity index is 1.58. The third-order valence-corrected chi connectivity index (χ3v) is 6.95. The van der Waals surface area contributed by atoms with Crippen molar-refractivity contribution < 1.29 is 9.26 Å². The highest BCUT2D eigenvalue weighted by Crippen LogP contribution is 2.36. The molecular formula is C26H28ClN3O2. The van der Waals surface area contributed by atoms with Crippen LogP contribution < -0.4 is 0 Å². The Morgan fingerprint density at radius 3 is 2.47 bits per heavy atom. The SMILES string of the molecule is COC1CCC(n2c(Cc3ccc(Cl)cc3)nc3cc(-c4c(C)noc4C)ccc32)CC1. The number of aromatic nitrogens is 3. The fourth-order valence-electron chi connectivity index (χ4n) is 5.06. The topological polar surface area (TPSA) is 53.1 Å². The van der Waals surface area contributed by atoms with Crippen LogP contribution >= 0.6 is 11.6 Å². The summed E-state index contributed by atoms with van der Waals surface area (Å²) in [5.74, 6) is 1.93. The van der Waals surface area contributed by atoms with Crippen molar-refractivity contribution in [3.05, 3.63) is 70.3 Å². The molecule has 0 unspecified atom stereocenters. The molecule has 4 aromatic rings. The Hall–Kier alpha value is -2.63. The Kier molecular flexibility index (Phi) is 5.78.